The van der Waals surface area contributed by atoms with Crippen molar-refractivity contribution in [3.8, 4) is 11.3 Å². The fraction of sp³-hybridized carbons (Fsp3) is 0.0870. The standard InChI is InChI=1S/C23H17ClFN3OS/c1-14(22(29)26-20-12-11-16(25)13-19(20)24)30-23-18-10-6-5-9-17(18)21(27-28-23)15-7-3-2-4-8-15/h2-14H,1H3,(H,26,29). The summed E-state index contributed by atoms with van der Waals surface area (Å²) in [6.07, 6.45) is 0. The Labute approximate surface area is 182 Å². The molecule has 1 amide bonds. The zero-order valence-electron chi connectivity index (χ0n) is 16.0. The summed E-state index contributed by atoms with van der Waals surface area (Å²) in [7, 11) is 0. The molecular formula is C23H17ClFN3OS. The SMILES string of the molecule is CC(Sc1nnc(-c2ccccc2)c2ccccc12)C(=O)Nc1ccc(F)cc1Cl. The summed E-state index contributed by atoms with van der Waals surface area (Å²) in [6.45, 7) is 1.78. The van der Waals surface area contributed by atoms with E-state index < -0.39 is 11.1 Å². The Morgan fingerprint density at radius 3 is 2.43 bits per heavy atom. The molecule has 0 aliphatic heterocycles. The number of aromatic nitrogens is 2. The summed E-state index contributed by atoms with van der Waals surface area (Å²) in [5, 5.41) is 13.8. The summed E-state index contributed by atoms with van der Waals surface area (Å²) in [4.78, 5) is 12.6. The lowest BCUT2D eigenvalue weighted by Crippen LogP contribution is -2.22. The lowest BCUT2D eigenvalue weighted by atomic mass is 10.1. The van der Waals surface area contributed by atoms with Gasteiger partial charge in [0.2, 0.25) is 5.91 Å². The minimum absolute atomic E-state index is 0.151. The van der Waals surface area contributed by atoms with Gasteiger partial charge in [0.1, 0.15) is 16.5 Å². The number of fused-ring (bicyclic) bond motifs is 1. The highest BCUT2D eigenvalue weighted by molar-refractivity contribution is 8.00. The van der Waals surface area contributed by atoms with Crippen molar-refractivity contribution in [1.29, 1.82) is 0 Å². The average Bonchev–Trinajstić information content (AvgIpc) is 2.76. The summed E-state index contributed by atoms with van der Waals surface area (Å²) in [5.41, 5.74) is 2.14. The number of halogens is 2. The molecule has 1 unspecified atom stereocenters. The molecule has 0 aliphatic rings. The molecule has 1 heterocycles. The van der Waals surface area contributed by atoms with Crippen LogP contribution in [0.5, 0.6) is 0 Å². The lowest BCUT2D eigenvalue weighted by Gasteiger charge is -2.14. The van der Waals surface area contributed by atoms with Crippen molar-refractivity contribution >= 4 is 45.7 Å². The summed E-state index contributed by atoms with van der Waals surface area (Å²) in [5.74, 6) is -0.716. The van der Waals surface area contributed by atoms with Gasteiger partial charge >= 0.3 is 0 Å². The minimum Gasteiger partial charge on any atom is -0.324 e. The molecule has 3 aromatic carbocycles. The van der Waals surface area contributed by atoms with Crippen LogP contribution in [0.15, 0.2) is 77.8 Å². The highest BCUT2D eigenvalue weighted by atomic mass is 35.5. The first-order chi connectivity index (χ1) is 14.5. The lowest BCUT2D eigenvalue weighted by molar-refractivity contribution is -0.115. The van der Waals surface area contributed by atoms with E-state index in [-0.39, 0.29) is 10.9 Å². The maximum Gasteiger partial charge on any atom is 0.237 e. The normalized spacial score (nSPS) is 12.0. The summed E-state index contributed by atoms with van der Waals surface area (Å²) < 4.78 is 13.2. The van der Waals surface area contributed by atoms with E-state index in [4.69, 9.17) is 11.6 Å². The molecular weight excluding hydrogens is 421 g/mol. The molecule has 150 valence electrons. The van der Waals surface area contributed by atoms with Gasteiger partial charge in [0, 0.05) is 16.3 Å². The smallest absolute Gasteiger partial charge is 0.237 e. The van der Waals surface area contributed by atoms with Crippen molar-refractivity contribution in [2.24, 2.45) is 0 Å². The van der Waals surface area contributed by atoms with Crippen molar-refractivity contribution in [1.82, 2.24) is 10.2 Å². The van der Waals surface area contributed by atoms with E-state index in [1.807, 2.05) is 54.6 Å². The van der Waals surface area contributed by atoms with E-state index in [2.05, 4.69) is 15.5 Å². The van der Waals surface area contributed by atoms with Crippen LogP contribution in [-0.4, -0.2) is 21.4 Å². The Bertz CT molecular complexity index is 1220. The Morgan fingerprint density at radius 1 is 1.00 bits per heavy atom. The maximum atomic E-state index is 13.2. The van der Waals surface area contributed by atoms with Gasteiger partial charge in [-0.05, 0) is 25.1 Å². The van der Waals surface area contributed by atoms with Gasteiger partial charge in [-0.3, -0.25) is 4.79 Å². The van der Waals surface area contributed by atoms with Gasteiger partial charge < -0.3 is 5.32 Å². The number of amides is 1. The third kappa shape index (κ3) is 4.30. The highest BCUT2D eigenvalue weighted by Crippen LogP contribution is 2.34. The van der Waals surface area contributed by atoms with E-state index in [9.17, 15) is 9.18 Å². The van der Waals surface area contributed by atoms with E-state index in [0.717, 1.165) is 28.1 Å². The monoisotopic (exact) mass is 437 g/mol. The molecule has 4 aromatic rings. The molecule has 0 bridgehead atoms. The highest BCUT2D eigenvalue weighted by Gasteiger charge is 2.19. The number of carbonyl (C=O) groups excluding carboxylic acids is 1. The molecule has 7 heteroatoms. The number of thioether (sulfide) groups is 1. The van der Waals surface area contributed by atoms with Crippen molar-refractivity contribution < 1.29 is 9.18 Å². The van der Waals surface area contributed by atoms with Gasteiger partial charge in [-0.15, -0.1) is 10.2 Å². The number of nitrogens with one attached hydrogen (secondary N) is 1. The molecule has 0 spiro atoms. The maximum absolute atomic E-state index is 13.2. The zero-order chi connectivity index (χ0) is 21.1. The molecule has 0 fully saturated rings. The molecule has 0 saturated carbocycles. The second-order valence-corrected chi connectivity index (χ2v) is 8.38. The molecule has 30 heavy (non-hydrogen) atoms. The predicted molar refractivity (Wildman–Crippen MR) is 120 cm³/mol. The van der Waals surface area contributed by atoms with Gasteiger partial charge in [0.15, 0.2) is 0 Å². The Kier molecular flexibility index (Phi) is 5.97. The Morgan fingerprint density at radius 2 is 1.70 bits per heavy atom. The number of nitrogens with zero attached hydrogens (tertiary/aromatic N) is 2. The molecule has 1 aromatic heterocycles. The van der Waals surface area contributed by atoms with Gasteiger partial charge in [-0.1, -0.05) is 78.0 Å². The van der Waals surface area contributed by atoms with Gasteiger partial charge in [0.05, 0.1) is 16.0 Å². The summed E-state index contributed by atoms with van der Waals surface area (Å²) >= 11 is 7.32. The first kappa shape index (κ1) is 20.3. The second-order valence-electron chi connectivity index (χ2n) is 6.64. The topological polar surface area (TPSA) is 54.9 Å². The van der Waals surface area contributed by atoms with E-state index in [1.54, 1.807) is 6.92 Å². The Hall–Kier alpha value is -2.96. The van der Waals surface area contributed by atoms with Gasteiger partial charge in [0.25, 0.3) is 0 Å². The van der Waals surface area contributed by atoms with Crippen LogP contribution in [0, 0.1) is 5.82 Å². The fourth-order valence-corrected chi connectivity index (χ4v) is 4.13. The number of anilines is 1. The van der Waals surface area contributed by atoms with Crippen LogP contribution in [-0.2, 0) is 4.79 Å². The third-order valence-corrected chi connectivity index (χ3v) is 5.95. The number of benzene rings is 3. The van der Waals surface area contributed by atoms with Crippen LogP contribution in [0.2, 0.25) is 5.02 Å². The molecule has 1 N–H and O–H groups in total. The zero-order valence-corrected chi connectivity index (χ0v) is 17.5. The molecule has 0 aliphatic carbocycles. The first-order valence-electron chi connectivity index (χ1n) is 9.26. The number of hydrogen-bond donors (Lipinski definition) is 1. The van der Waals surface area contributed by atoms with Crippen LogP contribution in [0.25, 0.3) is 22.0 Å². The molecule has 4 nitrogen and oxygen atoms in total. The summed E-state index contributed by atoms with van der Waals surface area (Å²) in [6, 6.07) is 21.6. The Balaban J connectivity index is 1.60. The van der Waals surface area contributed by atoms with E-state index in [1.165, 1.54) is 23.9 Å². The average molecular weight is 438 g/mol. The number of rotatable bonds is 5. The van der Waals surface area contributed by atoms with Crippen LogP contribution in [0.4, 0.5) is 10.1 Å². The van der Waals surface area contributed by atoms with Gasteiger partial charge in [-0.25, -0.2) is 4.39 Å². The number of carbonyl (C=O) groups is 1. The third-order valence-electron chi connectivity index (χ3n) is 4.55. The minimum atomic E-state index is -0.466. The molecule has 0 radical (unpaired) electrons. The second kappa shape index (κ2) is 8.81. The molecule has 4 rings (SSSR count). The predicted octanol–water partition coefficient (Wildman–Crippen LogP) is 6.21. The quantitative estimate of drug-likeness (QED) is 0.377. The van der Waals surface area contributed by atoms with Crippen LogP contribution in [0.3, 0.4) is 0 Å². The number of hydrogen-bond acceptors (Lipinski definition) is 4. The van der Waals surface area contributed by atoms with Crippen LogP contribution in [0.1, 0.15) is 6.92 Å². The first-order valence-corrected chi connectivity index (χ1v) is 10.5. The van der Waals surface area contributed by atoms with Crippen molar-refractivity contribution in [3.63, 3.8) is 0 Å². The van der Waals surface area contributed by atoms with Gasteiger partial charge in [-0.2, -0.15) is 0 Å². The van der Waals surface area contributed by atoms with Crippen LogP contribution >= 0.6 is 23.4 Å². The largest absolute Gasteiger partial charge is 0.324 e. The van der Waals surface area contributed by atoms with Crippen molar-refractivity contribution in [2.75, 3.05) is 5.32 Å². The van der Waals surface area contributed by atoms with Crippen molar-refractivity contribution in [2.45, 2.75) is 17.2 Å². The molecule has 1 atom stereocenters. The molecule has 0 saturated heterocycles. The van der Waals surface area contributed by atoms with E-state index in [0.29, 0.717) is 10.7 Å². The fourth-order valence-electron chi connectivity index (χ4n) is 3.02. The van der Waals surface area contributed by atoms with Crippen molar-refractivity contribution in [3.05, 3.63) is 83.6 Å². The van der Waals surface area contributed by atoms with Crippen LogP contribution < -0.4 is 5.32 Å². The van der Waals surface area contributed by atoms with E-state index >= 15 is 0 Å².